The molecule has 7 nitrogen and oxygen atoms in total. The fourth-order valence-corrected chi connectivity index (χ4v) is 5.37. The second-order valence-electron chi connectivity index (χ2n) is 10.8. The van der Waals surface area contributed by atoms with Crippen molar-refractivity contribution in [2.45, 2.75) is 19.9 Å². The number of carbonyl (C=O) groups is 3. The van der Waals surface area contributed by atoms with Crippen molar-refractivity contribution in [3.8, 4) is 0 Å². The van der Waals surface area contributed by atoms with Gasteiger partial charge in [0, 0.05) is 67.3 Å². The van der Waals surface area contributed by atoms with Gasteiger partial charge < -0.3 is 20.0 Å². The van der Waals surface area contributed by atoms with Gasteiger partial charge in [-0.1, -0.05) is 59.6 Å². The van der Waals surface area contributed by atoms with E-state index in [0.29, 0.717) is 60.1 Å². The zero-order valence-electron chi connectivity index (χ0n) is 24.4. The summed E-state index contributed by atoms with van der Waals surface area (Å²) in [6.07, 6.45) is 0.764. The van der Waals surface area contributed by atoms with E-state index in [-0.39, 0.29) is 17.7 Å². The summed E-state index contributed by atoms with van der Waals surface area (Å²) in [6, 6.07) is 29.6. The number of nitrogens with one attached hydrogen (secondary N) is 1. The molecule has 0 saturated carbocycles. The van der Waals surface area contributed by atoms with Crippen LogP contribution in [0.4, 0.5) is 11.4 Å². The van der Waals surface area contributed by atoms with Crippen LogP contribution in [-0.2, 0) is 6.54 Å². The van der Waals surface area contributed by atoms with Gasteiger partial charge in [0.25, 0.3) is 17.7 Å². The molecule has 0 bridgehead atoms. The first-order valence-corrected chi connectivity index (χ1v) is 14.8. The summed E-state index contributed by atoms with van der Waals surface area (Å²) in [7, 11) is 1.78. The van der Waals surface area contributed by atoms with Gasteiger partial charge in [0.15, 0.2) is 0 Å². The lowest BCUT2D eigenvalue weighted by molar-refractivity contribution is 0.0763. The van der Waals surface area contributed by atoms with E-state index in [1.54, 1.807) is 42.3 Å². The number of hydrogen-bond donors (Lipinski definition) is 1. The van der Waals surface area contributed by atoms with E-state index in [0.717, 1.165) is 23.2 Å². The third-order valence-electron chi connectivity index (χ3n) is 7.62. The van der Waals surface area contributed by atoms with E-state index in [1.807, 2.05) is 78.6 Å². The molecule has 5 rings (SSSR count). The molecule has 220 valence electrons. The molecule has 0 spiro atoms. The Morgan fingerprint density at radius 3 is 2.23 bits per heavy atom. The maximum absolute atomic E-state index is 13.9. The third kappa shape index (κ3) is 7.43. The molecule has 43 heavy (non-hydrogen) atoms. The van der Waals surface area contributed by atoms with E-state index < -0.39 is 0 Å². The SMILES string of the molecule is Cc1ccc(C(=O)N2CCCN(c3ccc(NC(=O)c4ccc(Cl)cc4)cc3C(=O)N(C)Cc3ccccc3)CC2)cc1. The molecule has 4 aromatic carbocycles. The van der Waals surface area contributed by atoms with Gasteiger partial charge in [0.2, 0.25) is 0 Å². The van der Waals surface area contributed by atoms with E-state index in [4.69, 9.17) is 11.6 Å². The summed E-state index contributed by atoms with van der Waals surface area (Å²) < 4.78 is 0. The molecule has 1 aliphatic rings. The van der Waals surface area contributed by atoms with Crippen LogP contribution in [0.25, 0.3) is 0 Å². The second kappa shape index (κ2) is 13.6. The van der Waals surface area contributed by atoms with Crippen molar-refractivity contribution in [1.82, 2.24) is 9.80 Å². The minimum Gasteiger partial charge on any atom is -0.369 e. The number of amides is 3. The highest BCUT2D eigenvalue weighted by molar-refractivity contribution is 6.30. The number of hydrogen-bond acceptors (Lipinski definition) is 4. The molecule has 0 radical (unpaired) electrons. The number of nitrogens with zero attached hydrogens (tertiary/aromatic N) is 3. The largest absolute Gasteiger partial charge is 0.369 e. The average Bonchev–Trinajstić information content (AvgIpc) is 3.28. The van der Waals surface area contributed by atoms with Gasteiger partial charge >= 0.3 is 0 Å². The topological polar surface area (TPSA) is 73.0 Å². The summed E-state index contributed by atoms with van der Waals surface area (Å²) in [5.74, 6) is -0.431. The lowest BCUT2D eigenvalue weighted by atomic mass is 10.1. The Balaban J connectivity index is 1.39. The first-order chi connectivity index (χ1) is 20.8. The van der Waals surface area contributed by atoms with Gasteiger partial charge in [-0.15, -0.1) is 0 Å². The monoisotopic (exact) mass is 594 g/mol. The normalized spacial score (nSPS) is 13.3. The van der Waals surface area contributed by atoms with Gasteiger partial charge in [-0.3, -0.25) is 14.4 Å². The number of rotatable bonds is 7. The van der Waals surface area contributed by atoms with Crippen LogP contribution < -0.4 is 10.2 Å². The summed E-state index contributed by atoms with van der Waals surface area (Å²) in [4.78, 5) is 45.8. The Bertz CT molecular complexity index is 1590. The van der Waals surface area contributed by atoms with Crippen LogP contribution in [0, 0.1) is 6.92 Å². The number of halogens is 1. The highest BCUT2D eigenvalue weighted by atomic mass is 35.5. The lowest BCUT2D eigenvalue weighted by Gasteiger charge is -2.28. The van der Waals surface area contributed by atoms with Gasteiger partial charge in [0.1, 0.15) is 0 Å². The second-order valence-corrected chi connectivity index (χ2v) is 11.3. The average molecular weight is 595 g/mol. The van der Waals surface area contributed by atoms with Crippen LogP contribution in [0.15, 0.2) is 97.1 Å². The number of anilines is 2. The fourth-order valence-electron chi connectivity index (χ4n) is 5.24. The smallest absolute Gasteiger partial charge is 0.256 e. The Labute approximate surface area is 257 Å². The predicted octanol–water partition coefficient (Wildman–Crippen LogP) is 6.53. The molecule has 8 heteroatoms. The molecular weight excluding hydrogens is 560 g/mol. The predicted molar refractivity (Wildman–Crippen MR) is 172 cm³/mol. The highest BCUT2D eigenvalue weighted by Crippen LogP contribution is 2.28. The Morgan fingerprint density at radius 2 is 1.51 bits per heavy atom. The Kier molecular flexibility index (Phi) is 9.42. The van der Waals surface area contributed by atoms with Crippen LogP contribution in [0.3, 0.4) is 0 Å². The molecule has 1 fully saturated rings. The van der Waals surface area contributed by atoms with E-state index in [1.165, 1.54) is 0 Å². The van der Waals surface area contributed by atoms with Gasteiger partial charge in [-0.05, 0) is 73.5 Å². The van der Waals surface area contributed by atoms with Crippen LogP contribution in [0.2, 0.25) is 5.02 Å². The van der Waals surface area contributed by atoms with Crippen molar-refractivity contribution in [2.24, 2.45) is 0 Å². The van der Waals surface area contributed by atoms with Crippen LogP contribution in [0.5, 0.6) is 0 Å². The molecule has 0 unspecified atom stereocenters. The maximum atomic E-state index is 13.9. The molecule has 1 N–H and O–H groups in total. The molecule has 0 aromatic heterocycles. The molecular formula is C35H35ClN4O3. The molecule has 3 amide bonds. The minimum absolute atomic E-state index is 0.0148. The van der Waals surface area contributed by atoms with Crippen LogP contribution in [-0.4, -0.2) is 60.7 Å². The third-order valence-corrected chi connectivity index (χ3v) is 7.87. The first-order valence-electron chi connectivity index (χ1n) is 14.4. The molecule has 4 aromatic rings. The first kappa shape index (κ1) is 29.9. The summed E-state index contributed by atoms with van der Waals surface area (Å²) in [5.41, 5.74) is 5.07. The molecule has 0 atom stereocenters. The summed E-state index contributed by atoms with van der Waals surface area (Å²) in [5, 5.41) is 3.47. The maximum Gasteiger partial charge on any atom is 0.256 e. The highest BCUT2D eigenvalue weighted by Gasteiger charge is 2.25. The molecule has 0 aliphatic carbocycles. The van der Waals surface area contributed by atoms with Crippen molar-refractivity contribution in [2.75, 3.05) is 43.4 Å². The number of carbonyl (C=O) groups excluding carboxylic acids is 3. The van der Waals surface area contributed by atoms with Crippen molar-refractivity contribution >= 4 is 40.7 Å². The number of aryl methyl sites for hydroxylation is 1. The minimum atomic E-state index is -0.291. The quantitative estimate of drug-likeness (QED) is 0.264. The van der Waals surface area contributed by atoms with Crippen molar-refractivity contribution in [3.63, 3.8) is 0 Å². The zero-order chi connectivity index (χ0) is 30.3. The zero-order valence-corrected chi connectivity index (χ0v) is 25.2. The van der Waals surface area contributed by atoms with Crippen molar-refractivity contribution in [1.29, 1.82) is 0 Å². The molecule has 1 aliphatic heterocycles. The van der Waals surface area contributed by atoms with Crippen LogP contribution in [0.1, 0.15) is 48.6 Å². The van der Waals surface area contributed by atoms with Gasteiger partial charge in [0.05, 0.1) is 5.56 Å². The fraction of sp³-hybridized carbons (Fsp3) is 0.229. The van der Waals surface area contributed by atoms with E-state index >= 15 is 0 Å². The standard InChI is InChI=1S/C35H35ClN4O3/c1-25-9-11-28(12-10-25)34(42)40-20-6-19-39(21-22-40)32-18-17-30(37-33(41)27-13-15-29(36)16-14-27)23-31(32)35(43)38(2)24-26-7-4-3-5-8-26/h3-5,7-18,23H,6,19-22,24H2,1-2H3,(H,37,41). The summed E-state index contributed by atoms with van der Waals surface area (Å²) >= 11 is 5.99. The Hall–Kier alpha value is -4.62. The Morgan fingerprint density at radius 1 is 0.814 bits per heavy atom. The number of benzene rings is 4. The molecule has 1 heterocycles. The van der Waals surface area contributed by atoms with Crippen LogP contribution >= 0.6 is 11.6 Å². The van der Waals surface area contributed by atoms with Crippen molar-refractivity contribution < 1.29 is 14.4 Å². The lowest BCUT2D eigenvalue weighted by Crippen LogP contribution is -2.36. The van der Waals surface area contributed by atoms with E-state index in [9.17, 15) is 14.4 Å². The van der Waals surface area contributed by atoms with Gasteiger partial charge in [-0.25, -0.2) is 0 Å². The summed E-state index contributed by atoms with van der Waals surface area (Å²) in [6.45, 7) is 4.89. The van der Waals surface area contributed by atoms with E-state index in [2.05, 4.69) is 10.2 Å². The molecule has 1 saturated heterocycles. The van der Waals surface area contributed by atoms with Gasteiger partial charge in [-0.2, -0.15) is 0 Å². The van der Waals surface area contributed by atoms with Crippen molar-refractivity contribution in [3.05, 3.63) is 130 Å².